The smallest absolute Gasteiger partial charge is 0.310 e. The van der Waals surface area contributed by atoms with E-state index in [0.717, 1.165) is 5.56 Å². The van der Waals surface area contributed by atoms with Crippen LogP contribution in [-0.2, 0) is 30.3 Å². The van der Waals surface area contributed by atoms with E-state index in [1.54, 1.807) is 6.92 Å². The van der Waals surface area contributed by atoms with Gasteiger partial charge in [0.05, 0.1) is 18.6 Å². The molecule has 6 aliphatic rings. The van der Waals surface area contributed by atoms with Gasteiger partial charge in [-0.2, -0.15) is 0 Å². The van der Waals surface area contributed by atoms with Crippen molar-refractivity contribution in [1.82, 2.24) is 0 Å². The number of hydrogen-bond donors (Lipinski definition) is 3. The molecule has 0 heterocycles. The van der Waals surface area contributed by atoms with Crippen molar-refractivity contribution < 1.29 is 39.2 Å². The van der Waals surface area contributed by atoms with E-state index in [2.05, 4.69) is 0 Å². The maximum atomic E-state index is 13.6. The molecule has 0 amide bonds. The van der Waals surface area contributed by atoms with Gasteiger partial charge in [-0.3, -0.25) is 14.4 Å². The number of rotatable bonds is 5. The third-order valence-corrected chi connectivity index (χ3v) is 12.6. The van der Waals surface area contributed by atoms with Crippen LogP contribution in [0.3, 0.4) is 0 Å². The number of ether oxygens (including phenoxy) is 2. The third-order valence-electron chi connectivity index (χ3n) is 12.6. The van der Waals surface area contributed by atoms with Crippen molar-refractivity contribution in [3.05, 3.63) is 35.9 Å². The highest BCUT2D eigenvalue weighted by Crippen LogP contribution is 2.93. The molecule has 8 heteroatoms. The van der Waals surface area contributed by atoms with E-state index in [4.69, 9.17) is 9.47 Å². The SMILES string of the molecule is CC(=O)O[C@@]12[C@H](OC(=O)Cc3ccccc3)[C@@H](C)[C@@]3(O)[C@@H]([C@@H]4[C@H]5[C@@H]3[C@@]3(O)C[C@@]4(CO)[C@@]5(C)C3=O)[C@@H]1C2(C)C. The van der Waals surface area contributed by atoms with Gasteiger partial charge < -0.3 is 24.8 Å². The summed E-state index contributed by atoms with van der Waals surface area (Å²) in [5.41, 5.74) is -6.03. The largest absolute Gasteiger partial charge is 0.457 e. The Morgan fingerprint density at radius 3 is 2.26 bits per heavy atom. The van der Waals surface area contributed by atoms with Crippen molar-refractivity contribution in [2.24, 2.45) is 51.8 Å². The maximum absolute atomic E-state index is 13.6. The third kappa shape index (κ3) is 2.14. The van der Waals surface area contributed by atoms with E-state index < -0.39 is 68.8 Å². The predicted molar refractivity (Wildman–Crippen MR) is 132 cm³/mol. The average Bonchev–Trinajstić information content (AvgIpc) is 3.07. The van der Waals surface area contributed by atoms with E-state index in [9.17, 15) is 29.7 Å². The Labute approximate surface area is 221 Å². The van der Waals surface area contributed by atoms with Crippen molar-refractivity contribution in [3.63, 3.8) is 0 Å². The first-order chi connectivity index (χ1) is 17.7. The Kier molecular flexibility index (Phi) is 4.36. The minimum absolute atomic E-state index is 0.0238. The normalized spacial score (nSPS) is 53.6. The fourth-order valence-electron chi connectivity index (χ4n) is 11.5. The molecule has 0 aliphatic heterocycles. The van der Waals surface area contributed by atoms with Crippen molar-refractivity contribution >= 4 is 17.7 Å². The molecule has 7 rings (SSSR count). The van der Waals surface area contributed by atoms with Gasteiger partial charge in [0.2, 0.25) is 0 Å². The highest BCUT2D eigenvalue weighted by atomic mass is 16.6. The van der Waals surface area contributed by atoms with Gasteiger partial charge in [-0.25, -0.2) is 0 Å². The number of carbonyl (C=O) groups excluding carboxylic acids is 3. The molecule has 6 aliphatic carbocycles. The van der Waals surface area contributed by atoms with Crippen LogP contribution in [0.25, 0.3) is 0 Å². The van der Waals surface area contributed by atoms with Gasteiger partial charge in [-0.15, -0.1) is 0 Å². The first-order valence-electron chi connectivity index (χ1n) is 13.7. The minimum atomic E-state index is -1.74. The Hall–Kier alpha value is -2.29. The number of esters is 2. The van der Waals surface area contributed by atoms with Crippen LogP contribution < -0.4 is 0 Å². The fourth-order valence-corrected chi connectivity index (χ4v) is 11.5. The van der Waals surface area contributed by atoms with Gasteiger partial charge in [0.25, 0.3) is 0 Å². The van der Waals surface area contributed by atoms with Crippen LogP contribution in [0, 0.1) is 51.8 Å². The number of ketones is 1. The first-order valence-corrected chi connectivity index (χ1v) is 13.7. The molecular formula is C30H36O8. The molecule has 12 atom stereocenters. The molecule has 1 aromatic rings. The second-order valence-electron chi connectivity index (χ2n) is 13.8. The lowest BCUT2D eigenvalue weighted by Gasteiger charge is -2.65. The molecule has 38 heavy (non-hydrogen) atoms. The molecule has 0 aromatic heterocycles. The zero-order valence-corrected chi connectivity index (χ0v) is 22.4. The van der Waals surface area contributed by atoms with Crippen molar-refractivity contribution in [2.75, 3.05) is 6.61 Å². The quantitative estimate of drug-likeness (QED) is 0.496. The van der Waals surface area contributed by atoms with Crippen LogP contribution in [0.5, 0.6) is 0 Å². The van der Waals surface area contributed by atoms with Crippen LogP contribution in [0.2, 0.25) is 0 Å². The Morgan fingerprint density at radius 2 is 1.68 bits per heavy atom. The van der Waals surface area contributed by atoms with Gasteiger partial charge in [0.1, 0.15) is 11.7 Å². The molecule has 0 unspecified atom stereocenters. The van der Waals surface area contributed by atoms with Crippen LogP contribution in [-0.4, -0.2) is 62.6 Å². The van der Waals surface area contributed by atoms with E-state index in [1.807, 2.05) is 51.1 Å². The number of aliphatic hydroxyl groups excluding tert-OH is 1. The predicted octanol–water partition coefficient (Wildman–Crippen LogP) is 1.67. The summed E-state index contributed by atoms with van der Waals surface area (Å²) in [6.45, 7) is 8.66. The molecule has 3 N–H and O–H groups in total. The Balaban J connectivity index is 1.35. The summed E-state index contributed by atoms with van der Waals surface area (Å²) in [4.78, 5) is 39.4. The highest BCUT2D eigenvalue weighted by molar-refractivity contribution is 6.01. The second-order valence-corrected chi connectivity index (χ2v) is 13.8. The summed E-state index contributed by atoms with van der Waals surface area (Å²) >= 11 is 0. The van der Waals surface area contributed by atoms with Crippen molar-refractivity contribution in [2.45, 2.75) is 70.4 Å². The number of Topliss-reactive ketones (excluding diaryl/α,β-unsaturated/α-hetero) is 1. The van der Waals surface area contributed by atoms with Crippen molar-refractivity contribution in [3.8, 4) is 0 Å². The summed E-state index contributed by atoms with van der Waals surface area (Å²) in [6, 6.07) is 9.20. The summed E-state index contributed by atoms with van der Waals surface area (Å²) in [5.74, 6) is -4.00. The minimum Gasteiger partial charge on any atom is -0.457 e. The summed E-state index contributed by atoms with van der Waals surface area (Å²) in [6.07, 6.45) is -0.820. The molecule has 8 nitrogen and oxygen atoms in total. The standard InChI is InChI=1S/C30H36O8/c1-14-23(37-17(33)11-16-9-7-6-8-10-16)30(38-15(2)32)21(25(30,3)4)20-18-19-22(29(14,20)36)28(35)12-27(18,13-31)26(19,5)24(28)34/h6-10,14,18-23,31,35-36H,11-13H2,1-5H3/t14-,18+,19+,20+,21-,22-,23-,26-,27+,28+,29-,30-/m1/s1. The lowest BCUT2D eigenvalue weighted by molar-refractivity contribution is -0.232. The van der Waals surface area contributed by atoms with E-state index in [-0.39, 0.29) is 43.0 Å². The van der Waals surface area contributed by atoms with Crippen LogP contribution in [0.15, 0.2) is 30.3 Å². The Bertz CT molecular complexity index is 1290. The monoisotopic (exact) mass is 524 g/mol. The maximum Gasteiger partial charge on any atom is 0.310 e. The second kappa shape index (κ2) is 6.70. The lowest BCUT2D eigenvalue weighted by Crippen LogP contribution is -2.66. The molecule has 0 saturated heterocycles. The zero-order valence-electron chi connectivity index (χ0n) is 22.4. The number of hydrogen-bond acceptors (Lipinski definition) is 8. The fraction of sp³-hybridized carbons (Fsp3) is 0.700. The molecule has 204 valence electrons. The Morgan fingerprint density at radius 1 is 1.03 bits per heavy atom. The van der Waals surface area contributed by atoms with Gasteiger partial charge in [0.15, 0.2) is 11.4 Å². The molecule has 2 bridgehead atoms. The molecule has 0 radical (unpaired) electrons. The van der Waals surface area contributed by atoms with Crippen molar-refractivity contribution in [1.29, 1.82) is 0 Å². The van der Waals surface area contributed by atoms with Gasteiger partial charge in [-0.05, 0) is 29.7 Å². The first kappa shape index (κ1) is 24.7. The van der Waals surface area contributed by atoms with E-state index in [0.29, 0.717) is 0 Å². The number of aliphatic hydroxyl groups is 3. The van der Waals surface area contributed by atoms with Gasteiger partial charge >= 0.3 is 11.9 Å². The van der Waals surface area contributed by atoms with Crippen LogP contribution in [0.1, 0.15) is 46.6 Å². The lowest BCUT2D eigenvalue weighted by atomic mass is 9.37. The zero-order chi connectivity index (χ0) is 27.4. The average molecular weight is 525 g/mol. The van der Waals surface area contributed by atoms with Crippen LogP contribution in [0.4, 0.5) is 0 Å². The number of benzene rings is 1. The van der Waals surface area contributed by atoms with Crippen LogP contribution >= 0.6 is 0 Å². The molecule has 6 saturated carbocycles. The molecule has 0 spiro atoms. The molecule has 1 aromatic carbocycles. The summed E-state index contributed by atoms with van der Waals surface area (Å²) in [7, 11) is 0. The van der Waals surface area contributed by atoms with E-state index in [1.165, 1.54) is 6.92 Å². The topological polar surface area (TPSA) is 130 Å². The van der Waals surface area contributed by atoms with Gasteiger partial charge in [-0.1, -0.05) is 58.0 Å². The molecular weight excluding hydrogens is 488 g/mol. The summed E-state index contributed by atoms with van der Waals surface area (Å²) < 4.78 is 12.3. The van der Waals surface area contributed by atoms with E-state index >= 15 is 0 Å². The highest BCUT2D eigenvalue weighted by Gasteiger charge is 3.01. The number of fused-ring (bicyclic) bond motifs is 8. The summed E-state index contributed by atoms with van der Waals surface area (Å²) in [5, 5.41) is 35.3. The number of carbonyl (C=O) groups is 3. The molecule has 6 fully saturated rings. The van der Waals surface area contributed by atoms with Gasteiger partial charge in [0, 0.05) is 40.9 Å².